The number of amides is 1. The molecule has 5 nitrogen and oxygen atoms in total. The van der Waals surface area contributed by atoms with Crippen molar-refractivity contribution in [2.75, 3.05) is 18.6 Å². The van der Waals surface area contributed by atoms with E-state index < -0.39 is 0 Å². The molecule has 1 fully saturated rings. The molecule has 4 aromatic rings. The van der Waals surface area contributed by atoms with Gasteiger partial charge in [0.15, 0.2) is 0 Å². The number of carbonyl (C=O) groups excluding carboxylic acids is 1. The molecule has 1 amide bonds. The topological polar surface area (TPSA) is 47.4 Å². The summed E-state index contributed by atoms with van der Waals surface area (Å²) in [7, 11) is 1.62. The highest BCUT2D eigenvalue weighted by molar-refractivity contribution is 6.35. The average Bonchev–Trinajstić information content (AvgIpc) is 3.36. The predicted molar refractivity (Wildman–Crippen MR) is 128 cm³/mol. The van der Waals surface area contributed by atoms with Gasteiger partial charge < -0.3 is 14.2 Å². The van der Waals surface area contributed by atoms with Crippen molar-refractivity contribution in [3.63, 3.8) is 0 Å². The summed E-state index contributed by atoms with van der Waals surface area (Å²) in [4.78, 5) is 19.7. The highest BCUT2D eigenvalue weighted by atomic mass is 35.5. The number of fused-ring (bicyclic) bond motifs is 1. The number of hydrogen-bond acceptors (Lipinski definition) is 3. The van der Waals surface area contributed by atoms with Crippen LogP contribution in [-0.2, 0) is 11.3 Å². The lowest BCUT2D eigenvalue weighted by atomic mass is 10.1. The Hall–Kier alpha value is -3.02. The number of rotatable bonds is 5. The smallest absolute Gasteiger partial charge is 0.227 e. The van der Waals surface area contributed by atoms with Gasteiger partial charge in [0.2, 0.25) is 5.91 Å². The second-order valence-electron chi connectivity index (χ2n) is 7.89. The van der Waals surface area contributed by atoms with Gasteiger partial charge in [-0.15, -0.1) is 0 Å². The van der Waals surface area contributed by atoms with Crippen molar-refractivity contribution >= 4 is 45.8 Å². The number of hydrogen-bond donors (Lipinski definition) is 0. The van der Waals surface area contributed by atoms with Gasteiger partial charge in [-0.05, 0) is 42.0 Å². The Labute approximate surface area is 196 Å². The van der Waals surface area contributed by atoms with E-state index in [0.717, 1.165) is 33.9 Å². The molecule has 1 aliphatic heterocycles. The molecule has 32 heavy (non-hydrogen) atoms. The summed E-state index contributed by atoms with van der Waals surface area (Å²) in [6, 6.07) is 21.1. The van der Waals surface area contributed by atoms with Crippen molar-refractivity contribution in [1.29, 1.82) is 0 Å². The number of carbonyl (C=O) groups is 1. The highest BCUT2D eigenvalue weighted by Crippen LogP contribution is 2.35. The number of ether oxygens (including phenoxy) is 1. The van der Waals surface area contributed by atoms with E-state index in [2.05, 4.69) is 4.57 Å². The molecule has 3 aromatic carbocycles. The summed E-state index contributed by atoms with van der Waals surface area (Å²) < 4.78 is 7.49. The quantitative estimate of drug-likeness (QED) is 0.367. The Morgan fingerprint density at radius 3 is 2.72 bits per heavy atom. The first kappa shape index (κ1) is 20.9. The van der Waals surface area contributed by atoms with Crippen molar-refractivity contribution in [3.05, 3.63) is 88.2 Å². The van der Waals surface area contributed by atoms with Crippen molar-refractivity contribution in [2.24, 2.45) is 0 Å². The maximum Gasteiger partial charge on any atom is 0.227 e. The largest absolute Gasteiger partial charge is 0.497 e. The molecule has 162 valence electrons. The highest BCUT2D eigenvalue weighted by Gasteiger charge is 2.35. The number of halogens is 2. The Morgan fingerprint density at radius 1 is 1.06 bits per heavy atom. The minimum absolute atomic E-state index is 0.0350. The van der Waals surface area contributed by atoms with Crippen LogP contribution in [0, 0.1) is 0 Å². The number of aromatic nitrogens is 2. The molecule has 1 aliphatic rings. The van der Waals surface area contributed by atoms with Gasteiger partial charge in [-0.3, -0.25) is 4.79 Å². The maximum absolute atomic E-state index is 12.9. The zero-order chi connectivity index (χ0) is 22.2. The van der Waals surface area contributed by atoms with E-state index in [0.29, 0.717) is 29.6 Å². The van der Waals surface area contributed by atoms with Crippen LogP contribution >= 0.6 is 23.2 Å². The average molecular weight is 466 g/mol. The predicted octanol–water partition coefficient (Wildman–Crippen LogP) is 5.92. The van der Waals surface area contributed by atoms with Crippen molar-refractivity contribution in [2.45, 2.75) is 18.9 Å². The molecule has 2 heterocycles. The first-order valence-corrected chi connectivity index (χ1v) is 11.1. The van der Waals surface area contributed by atoms with Gasteiger partial charge in [0.25, 0.3) is 0 Å². The molecule has 1 atom stereocenters. The molecule has 1 aromatic heterocycles. The molecular formula is C25H21Cl2N3O2. The Balaban J connectivity index is 1.53. The number of nitrogens with zero attached hydrogens (tertiary/aromatic N) is 3. The second-order valence-corrected chi connectivity index (χ2v) is 8.73. The van der Waals surface area contributed by atoms with Crippen LogP contribution in [0.1, 0.15) is 23.7 Å². The SMILES string of the molecule is COc1cccc(N2CC(c3nc4ccccc4n3Cc3ccc(Cl)cc3Cl)CC2=O)c1. The van der Waals surface area contributed by atoms with Crippen LogP contribution in [0.3, 0.4) is 0 Å². The maximum atomic E-state index is 12.9. The molecule has 1 unspecified atom stereocenters. The van der Waals surface area contributed by atoms with Gasteiger partial charge in [-0.2, -0.15) is 0 Å². The zero-order valence-electron chi connectivity index (χ0n) is 17.5. The summed E-state index contributed by atoms with van der Waals surface area (Å²) in [5.41, 5.74) is 3.70. The Kier molecular flexibility index (Phi) is 5.53. The molecule has 5 rings (SSSR count). The fourth-order valence-electron chi connectivity index (χ4n) is 4.30. The normalized spacial score (nSPS) is 16.2. The molecule has 0 radical (unpaired) electrons. The molecule has 1 saturated heterocycles. The first-order valence-electron chi connectivity index (χ1n) is 10.4. The van der Waals surface area contributed by atoms with E-state index in [1.165, 1.54) is 0 Å². The fraction of sp³-hybridized carbons (Fsp3) is 0.200. The van der Waals surface area contributed by atoms with E-state index in [1.807, 2.05) is 65.6 Å². The number of methoxy groups -OCH3 is 1. The number of benzene rings is 3. The number of anilines is 1. The van der Waals surface area contributed by atoms with Crippen LogP contribution in [0.5, 0.6) is 5.75 Å². The summed E-state index contributed by atoms with van der Waals surface area (Å²) in [5, 5.41) is 1.21. The van der Waals surface area contributed by atoms with Gasteiger partial charge in [-0.25, -0.2) is 4.98 Å². The van der Waals surface area contributed by atoms with Crippen LogP contribution in [0.25, 0.3) is 11.0 Å². The van der Waals surface area contributed by atoms with Gasteiger partial charge in [-0.1, -0.05) is 47.5 Å². The van der Waals surface area contributed by atoms with Crippen LogP contribution in [-0.4, -0.2) is 29.1 Å². The molecule has 0 spiro atoms. The summed E-state index contributed by atoms with van der Waals surface area (Å²) in [6.07, 6.45) is 0.398. The third kappa shape index (κ3) is 3.83. The zero-order valence-corrected chi connectivity index (χ0v) is 19.0. The lowest BCUT2D eigenvalue weighted by molar-refractivity contribution is -0.117. The number of para-hydroxylation sites is 2. The Bertz CT molecular complexity index is 1320. The Morgan fingerprint density at radius 2 is 1.91 bits per heavy atom. The lowest BCUT2D eigenvalue weighted by Gasteiger charge is -2.18. The molecular weight excluding hydrogens is 445 g/mol. The molecule has 0 N–H and O–H groups in total. The van der Waals surface area contributed by atoms with Crippen LogP contribution in [0.15, 0.2) is 66.7 Å². The molecule has 7 heteroatoms. The summed E-state index contributed by atoms with van der Waals surface area (Å²) >= 11 is 12.6. The van der Waals surface area contributed by atoms with E-state index >= 15 is 0 Å². The summed E-state index contributed by atoms with van der Waals surface area (Å²) in [5.74, 6) is 1.65. The lowest BCUT2D eigenvalue weighted by Crippen LogP contribution is -2.24. The van der Waals surface area contributed by atoms with Gasteiger partial charge in [0.1, 0.15) is 11.6 Å². The second kappa shape index (κ2) is 8.49. The van der Waals surface area contributed by atoms with E-state index in [1.54, 1.807) is 13.2 Å². The van der Waals surface area contributed by atoms with Crippen LogP contribution < -0.4 is 9.64 Å². The van der Waals surface area contributed by atoms with E-state index in [-0.39, 0.29) is 11.8 Å². The fourth-order valence-corrected chi connectivity index (χ4v) is 4.77. The van der Waals surface area contributed by atoms with E-state index in [9.17, 15) is 4.79 Å². The van der Waals surface area contributed by atoms with Gasteiger partial charge >= 0.3 is 0 Å². The van der Waals surface area contributed by atoms with E-state index in [4.69, 9.17) is 32.9 Å². The molecule has 0 saturated carbocycles. The minimum atomic E-state index is -0.0350. The first-order chi connectivity index (χ1) is 15.5. The molecule has 0 aliphatic carbocycles. The van der Waals surface area contributed by atoms with Crippen molar-refractivity contribution in [3.8, 4) is 5.75 Å². The van der Waals surface area contributed by atoms with Crippen LogP contribution in [0.4, 0.5) is 5.69 Å². The monoisotopic (exact) mass is 465 g/mol. The van der Waals surface area contributed by atoms with Crippen molar-refractivity contribution in [1.82, 2.24) is 9.55 Å². The third-order valence-electron chi connectivity index (χ3n) is 5.88. The van der Waals surface area contributed by atoms with Gasteiger partial charge in [0.05, 0.1) is 24.7 Å². The molecule has 0 bridgehead atoms. The van der Waals surface area contributed by atoms with Crippen LogP contribution in [0.2, 0.25) is 10.0 Å². The minimum Gasteiger partial charge on any atom is -0.497 e. The van der Waals surface area contributed by atoms with Gasteiger partial charge in [0, 0.05) is 40.7 Å². The summed E-state index contributed by atoms with van der Waals surface area (Å²) in [6.45, 7) is 1.11. The standard InChI is InChI=1S/C25H21Cl2N3O2/c1-32-20-6-4-5-19(13-20)29-15-17(11-24(29)31)25-28-22-7-2-3-8-23(22)30(25)14-16-9-10-18(26)12-21(16)27/h2-10,12-13,17H,11,14-15H2,1H3. The number of imidazole rings is 1. The third-order valence-corrected chi connectivity index (χ3v) is 6.47. The van der Waals surface area contributed by atoms with Crippen molar-refractivity contribution < 1.29 is 9.53 Å².